The lowest BCUT2D eigenvalue weighted by Gasteiger charge is -2.27. The van der Waals surface area contributed by atoms with Crippen LogP contribution in [-0.4, -0.2) is 61.5 Å². The zero-order chi connectivity index (χ0) is 32.5. The number of hydrogen-bond donors (Lipinski definition) is 4. The summed E-state index contributed by atoms with van der Waals surface area (Å²) in [6.45, 7) is 9.86. The number of aliphatic hydroxyl groups is 1. The number of hydrogen-bond acceptors (Lipinski definition) is 7. The van der Waals surface area contributed by atoms with Crippen molar-refractivity contribution < 1.29 is 33.3 Å². The second kappa shape index (κ2) is 20.3. The van der Waals surface area contributed by atoms with E-state index in [0.717, 1.165) is 17.5 Å². The molecule has 0 saturated carbocycles. The molecule has 0 spiro atoms. The first-order valence-corrected chi connectivity index (χ1v) is 15.8. The summed E-state index contributed by atoms with van der Waals surface area (Å²) in [5, 5.41) is 16.6. The SMILES string of the molecule is CCOCCCOc1cc(COCC(N)CC[C@H](C(=O)NC(C(=O)NCc2ccc(F)cc2)C(C)CC)C(C)O)ccc1Cl. The van der Waals surface area contributed by atoms with Crippen molar-refractivity contribution in [3.8, 4) is 5.75 Å². The predicted molar refractivity (Wildman–Crippen MR) is 170 cm³/mol. The number of carbonyl (C=O) groups is 2. The van der Waals surface area contributed by atoms with Crippen LogP contribution in [0.15, 0.2) is 42.5 Å². The van der Waals surface area contributed by atoms with Gasteiger partial charge in [0.25, 0.3) is 0 Å². The number of benzene rings is 2. The summed E-state index contributed by atoms with van der Waals surface area (Å²) in [5.41, 5.74) is 7.91. The van der Waals surface area contributed by atoms with E-state index in [1.807, 2.05) is 32.9 Å². The summed E-state index contributed by atoms with van der Waals surface area (Å²) in [6, 6.07) is 10.2. The summed E-state index contributed by atoms with van der Waals surface area (Å²) in [6.07, 6.45) is 1.23. The predicted octanol–water partition coefficient (Wildman–Crippen LogP) is 4.75. The molecule has 0 aliphatic heterocycles. The van der Waals surface area contributed by atoms with Gasteiger partial charge in [-0.1, -0.05) is 50.1 Å². The molecule has 0 aliphatic carbocycles. The molecule has 5 N–H and O–H groups in total. The third-order valence-corrected chi connectivity index (χ3v) is 7.74. The highest BCUT2D eigenvalue weighted by Gasteiger charge is 2.31. The Morgan fingerprint density at radius 1 is 1.00 bits per heavy atom. The molecular weight excluding hydrogens is 589 g/mol. The maximum atomic E-state index is 13.2. The van der Waals surface area contributed by atoms with Gasteiger partial charge in [-0.05, 0) is 68.0 Å². The van der Waals surface area contributed by atoms with Gasteiger partial charge >= 0.3 is 0 Å². The number of nitrogens with two attached hydrogens (primary N) is 1. The van der Waals surface area contributed by atoms with Crippen LogP contribution in [0.25, 0.3) is 0 Å². The van der Waals surface area contributed by atoms with E-state index >= 15 is 0 Å². The van der Waals surface area contributed by atoms with Crippen molar-refractivity contribution in [1.82, 2.24) is 10.6 Å². The Balaban J connectivity index is 1.85. The van der Waals surface area contributed by atoms with Gasteiger partial charge in [0.05, 0.1) is 36.9 Å². The van der Waals surface area contributed by atoms with Crippen molar-refractivity contribution >= 4 is 23.4 Å². The Bertz CT molecular complexity index is 1140. The molecule has 9 nitrogen and oxygen atoms in total. The molecule has 2 rings (SSSR count). The smallest absolute Gasteiger partial charge is 0.243 e. The molecule has 2 amide bonds. The zero-order valence-electron chi connectivity index (χ0n) is 26.3. The normalized spacial score (nSPS) is 14.7. The van der Waals surface area contributed by atoms with Crippen LogP contribution in [0, 0.1) is 17.7 Å². The Hall–Kier alpha value is -2.76. The minimum absolute atomic E-state index is 0.147. The molecule has 0 aromatic heterocycles. The largest absolute Gasteiger partial charge is 0.492 e. The van der Waals surface area contributed by atoms with Crippen molar-refractivity contribution in [2.75, 3.05) is 26.4 Å². The molecule has 0 fully saturated rings. The van der Waals surface area contributed by atoms with Crippen molar-refractivity contribution in [2.45, 2.75) is 84.7 Å². The molecule has 4 unspecified atom stereocenters. The molecule has 0 radical (unpaired) electrons. The summed E-state index contributed by atoms with van der Waals surface area (Å²) in [5.74, 6) is -1.43. The topological polar surface area (TPSA) is 132 Å². The van der Waals surface area contributed by atoms with E-state index in [4.69, 9.17) is 31.5 Å². The Kier molecular flexibility index (Phi) is 17.3. The molecule has 5 atom stereocenters. The van der Waals surface area contributed by atoms with E-state index in [2.05, 4.69) is 10.6 Å². The van der Waals surface area contributed by atoms with E-state index in [0.29, 0.717) is 56.5 Å². The fourth-order valence-electron chi connectivity index (χ4n) is 4.50. The Labute approximate surface area is 266 Å². The summed E-state index contributed by atoms with van der Waals surface area (Å²) < 4.78 is 30.1. The van der Waals surface area contributed by atoms with Gasteiger partial charge in [-0.25, -0.2) is 4.39 Å². The average Bonchev–Trinajstić information content (AvgIpc) is 3.00. The molecule has 0 heterocycles. The fraction of sp³-hybridized carbons (Fsp3) is 0.576. The third-order valence-electron chi connectivity index (χ3n) is 7.43. The molecule has 0 saturated heterocycles. The molecule has 246 valence electrons. The van der Waals surface area contributed by atoms with Gasteiger partial charge in [0.1, 0.15) is 17.6 Å². The number of rotatable bonds is 21. The summed E-state index contributed by atoms with van der Waals surface area (Å²) in [4.78, 5) is 26.3. The average molecular weight is 638 g/mol. The number of ether oxygens (including phenoxy) is 3. The second-order valence-electron chi connectivity index (χ2n) is 11.1. The van der Waals surface area contributed by atoms with Crippen molar-refractivity contribution in [2.24, 2.45) is 17.6 Å². The lowest BCUT2D eigenvalue weighted by molar-refractivity contribution is -0.134. The van der Waals surface area contributed by atoms with Crippen molar-refractivity contribution in [3.05, 3.63) is 64.4 Å². The zero-order valence-corrected chi connectivity index (χ0v) is 27.1. The van der Waals surface area contributed by atoms with Crippen LogP contribution in [0.2, 0.25) is 5.02 Å². The van der Waals surface area contributed by atoms with Gasteiger partial charge in [0.15, 0.2) is 0 Å². The summed E-state index contributed by atoms with van der Waals surface area (Å²) >= 11 is 6.26. The van der Waals surface area contributed by atoms with Gasteiger partial charge in [-0.2, -0.15) is 0 Å². The Morgan fingerprint density at radius 2 is 1.70 bits per heavy atom. The van der Waals surface area contributed by atoms with Crippen LogP contribution < -0.4 is 21.1 Å². The van der Waals surface area contributed by atoms with Crippen LogP contribution in [-0.2, 0) is 32.2 Å². The van der Waals surface area contributed by atoms with Crippen LogP contribution in [0.4, 0.5) is 4.39 Å². The quantitative estimate of drug-likeness (QED) is 0.145. The fourth-order valence-corrected chi connectivity index (χ4v) is 4.67. The number of nitrogens with one attached hydrogen (secondary N) is 2. The highest BCUT2D eigenvalue weighted by molar-refractivity contribution is 6.32. The molecule has 2 aromatic carbocycles. The van der Waals surface area contributed by atoms with E-state index in [1.54, 1.807) is 25.1 Å². The maximum Gasteiger partial charge on any atom is 0.243 e. The first-order chi connectivity index (χ1) is 21.0. The summed E-state index contributed by atoms with van der Waals surface area (Å²) in [7, 11) is 0. The van der Waals surface area contributed by atoms with Crippen molar-refractivity contribution in [3.63, 3.8) is 0 Å². The lowest BCUT2D eigenvalue weighted by Crippen LogP contribution is -2.52. The Morgan fingerprint density at radius 3 is 2.36 bits per heavy atom. The maximum absolute atomic E-state index is 13.2. The van der Waals surface area contributed by atoms with Gasteiger partial charge < -0.3 is 35.7 Å². The van der Waals surface area contributed by atoms with Gasteiger partial charge in [-0.15, -0.1) is 0 Å². The third kappa shape index (κ3) is 13.5. The van der Waals surface area contributed by atoms with Crippen LogP contribution in [0.5, 0.6) is 5.75 Å². The van der Waals surface area contributed by atoms with E-state index in [9.17, 15) is 19.1 Å². The molecule has 0 aliphatic rings. The number of amides is 2. The second-order valence-corrected chi connectivity index (χ2v) is 11.5. The van der Waals surface area contributed by atoms with Gasteiger partial charge in [0, 0.05) is 32.2 Å². The highest BCUT2D eigenvalue weighted by atomic mass is 35.5. The lowest BCUT2D eigenvalue weighted by atomic mass is 9.92. The monoisotopic (exact) mass is 637 g/mol. The van der Waals surface area contributed by atoms with Crippen LogP contribution in [0.3, 0.4) is 0 Å². The van der Waals surface area contributed by atoms with E-state index in [-0.39, 0.29) is 36.8 Å². The minimum Gasteiger partial charge on any atom is -0.492 e. The highest BCUT2D eigenvalue weighted by Crippen LogP contribution is 2.26. The number of halogens is 2. The molecule has 11 heteroatoms. The number of carbonyl (C=O) groups excluding carboxylic acids is 2. The van der Waals surface area contributed by atoms with E-state index < -0.39 is 24.0 Å². The molecule has 2 aromatic rings. The number of aliphatic hydroxyl groups excluding tert-OH is 1. The minimum atomic E-state index is -0.941. The van der Waals surface area contributed by atoms with Crippen LogP contribution in [0.1, 0.15) is 64.5 Å². The molecular formula is C33H49ClFN3O6. The van der Waals surface area contributed by atoms with E-state index in [1.165, 1.54) is 12.1 Å². The molecule has 44 heavy (non-hydrogen) atoms. The van der Waals surface area contributed by atoms with Gasteiger partial charge in [-0.3, -0.25) is 9.59 Å². The van der Waals surface area contributed by atoms with Crippen LogP contribution >= 0.6 is 11.6 Å². The first-order valence-electron chi connectivity index (χ1n) is 15.4. The molecule has 0 bridgehead atoms. The first kappa shape index (κ1) is 37.4. The van der Waals surface area contributed by atoms with Crippen molar-refractivity contribution in [1.29, 1.82) is 0 Å². The van der Waals surface area contributed by atoms with Gasteiger partial charge in [0.2, 0.25) is 11.8 Å². The standard InChI is InChI=1S/C33H49ClFN3O6/c1-5-22(3)31(33(41)37-19-24-8-11-26(35)12-9-24)38-32(40)28(23(4)39)14-13-27(36)21-43-20-25-10-15-29(34)30(18-25)44-17-7-16-42-6-2/h8-12,15,18,22-23,27-28,31,39H,5-7,13-14,16-17,19-21,36H2,1-4H3,(H,37,41)(H,38,40)/t22?,23?,27?,28-,31?/m0/s1.